The lowest BCUT2D eigenvalue weighted by molar-refractivity contribution is -0.384. The number of nitro benzene ring substituents is 1. The Kier molecular flexibility index (Phi) is 8.37. The van der Waals surface area contributed by atoms with Crippen molar-refractivity contribution in [3.63, 3.8) is 0 Å². The number of non-ortho nitro benzene ring substituents is 1. The number of nitrogens with zero attached hydrogens (tertiary/aromatic N) is 2. The summed E-state index contributed by atoms with van der Waals surface area (Å²) in [7, 11) is 1.47. The van der Waals surface area contributed by atoms with E-state index in [-0.39, 0.29) is 17.9 Å². The average molecular weight is 522 g/mol. The van der Waals surface area contributed by atoms with Gasteiger partial charge in [0.05, 0.1) is 12.0 Å². The number of benzene rings is 3. The van der Waals surface area contributed by atoms with Gasteiger partial charge in [-0.15, -0.1) is 0 Å². The first kappa shape index (κ1) is 24.5. The molecule has 0 unspecified atom stereocenters. The van der Waals surface area contributed by atoms with E-state index in [0.717, 1.165) is 5.56 Å². The molecule has 0 aliphatic rings. The van der Waals surface area contributed by atoms with Crippen molar-refractivity contribution in [3.8, 4) is 17.6 Å². The summed E-state index contributed by atoms with van der Waals surface area (Å²) in [5.41, 5.74) is 2.00. The largest absolute Gasteiger partial charge is 0.493 e. The molecule has 172 valence electrons. The van der Waals surface area contributed by atoms with Gasteiger partial charge in [0.2, 0.25) is 0 Å². The molecule has 0 aromatic heterocycles. The van der Waals surface area contributed by atoms with Crippen LogP contribution in [0.25, 0.3) is 6.08 Å². The molecule has 3 aromatic rings. The van der Waals surface area contributed by atoms with Crippen LogP contribution in [0.15, 0.2) is 76.8 Å². The minimum Gasteiger partial charge on any atom is -0.493 e. The fraction of sp³-hybridized carbons (Fsp3) is 0.120. The van der Waals surface area contributed by atoms with Crippen LogP contribution >= 0.6 is 15.9 Å². The summed E-state index contributed by atoms with van der Waals surface area (Å²) in [6.07, 6.45) is 1.46. The molecule has 0 aliphatic carbocycles. The second-order valence-corrected chi connectivity index (χ2v) is 7.93. The van der Waals surface area contributed by atoms with Crippen molar-refractivity contribution in [1.29, 1.82) is 5.26 Å². The van der Waals surface area contributed by atoms with Gasteiger partial charge in [-0.1, -0.05) is 58.4 Å². The highest BCUT2D eigenvalue weighted by molar-refractivity contribution is 9.10. The van der Waals surface area contributed by atoms with E-state index in [9.17, 15) is 20.2 Å². The van der Waals surface area contributed by atoms with E-state index in [0.29, 0.717) is 33.6 Å². The summed E-state index contributed by atoms with van der Waals surface area (Å²) in [5, 5.41) is 23.2. The monoisotopic (exact) mass is 521 g/mol. The van der Waals surface area contributed by atoms with E-state index >= 15 is 0 Å². The molecule has 1 amide bonds. The zero-order valence-corrected chi connectivity index (χ0v) is 19.7. The molecule has 0 aliphatic heterocycles. The lowest BCUT2D eigenvalue weighted by Gasteiger charge is -2.13. The van der Waals surface area contributed by atoms with Crippen LogP contribution in [0, 0.1) is 21.4 Å². The number of rotatable bonds is 9. The van der Waals surface area contributed by atoms with E-state index in [1.807, 2.05) is 36.4 Å². The van der Waals surface area contributed by atoms with E-state index in [1.54, 1.807) is 24.3 Å². The molecule has 0 saturated heterocycles. The molecular weight excluding hydrogens is 502 g/mol. The minimum absolute atomic E-state index is 0.0238. The third-order valence-corrected chi connectivity index (χ3v) is 5.45. The molecule has 0 heterocycles. The number of hydrogen-bond donors (Lipinski definition) is 1. The van der Waals surface area contributed by atoms with Crippen LogP contribution in [-0.2, 0) is 17.9 Å². The SMILES string of the molecule is COc1cc(/C=C(/C#N)C(=O)NCc2ccccc2)c(Br)cc1OCc1cccc([N+](=O)[O-])c1. The fourth-order valence-corrected chi connectivity index (χ4v) is 3.47. The number of carbonyl (C=O) groups is 1. The van der Waals surface area contributed by atoms with Gasteiger partial charge in [-0.3, -0.25) is 14.9 Å². The molecule has 0 fully saturated rings. The van der Waals surface area contributed by atoms with Crippen LogP contribution in [-0.4, -0.2) is 17.9 Å². The topological polar surface area (TPSA) is 114 Å². The number of nitriles is 1. The van der Waals surface area contributed by atoms with E-state index < -0.39 is 10.8 Å². The van der Waals surface area contributed by atoms with Gasteiger partial charge in [0, 0.05) is 23.2 Å². The van der Waals surface area contributed by atoms with Crippen molar-refractivity contribution >= 4 is 33.6 Å². The molecule has 34 heavy (non-hydrogen) atoms. The van der Waals surface area contributed by atoms with E-state index in [4.69, 9.17) is 9.47 Å². The smallest absolute Gasteiger partial charge is 0.269 e. The molecule has 8 nitrogen and oxygen atoms in total. The predicted molar refractivity (Wildman–Crippen MR) is 130 cm³/mol. The van der Waals surface area contributed by atoms with Crippen molar-refractivity contribution in [3.05, 3.63) is 104 Å². The molecule has 0 saturated carbocycles. The number of carbonyl (C=O) groups excluding carboxylic acids is 1. The molecule has 3 rings (SSSR count). The zero-order chi connectivity index (χ0) is 24.5. The lowest BCUT2D eigenvalue weighted by Crippen LogP contribution is -2.23. The van der Waals surface area contributed by atoms with Gasteiger partial charge in [0.25, 0.3) is 11.6 Å². The summed E-state index contributed by atoms with van der Waals surface area (Å²) in [6, 6.07) is 20.7. The standard InChI is InChI=1S/C25H20BrN3O5/c1-33-23-12-19(11-20(14-27)25(30)28-15-17-6-3-2-4-7-17)22(26)13-24(23)34-16-18-8-5-9-21(10-18)29(31)32/h2-13H,15-16H2,1H3,(H,28,30)/b20-11-. The van der Waals surface area contributed by atoms with Gasteiger partial charge in [-0.25, -0.2) is 0 Å². The Balaban J connectivity index is 1.76. The van der Waals surface area contributed by atoms with Crippen molar-refractivity contribution in [2.24, 2.45) is 0 Å². The van der Waals surface area contributed by atoms with Crippen LogP contribution in [0.3, 0.4) is 0 Å². The van der Waals surface area contributed by atoms with Gasteiger partial charge >= 0.3 is 0 Å². The number of methoxy groups -OCH3 is 1. The first-order valence-corrected chi connectivity index (χ1v) is 10.9. The second kappa shape index (κ2) is 11.6. The van der Waals surface area contributed by atoms with Crippen molar-refractivity contribution in [2.45, 2.75) is 13.2 Å². The molecule has 0 bridgehead atoms. The normalized spacial score (nSPS) is 10.8. The first-order chi connectivity index (χ1) is 16.4. The van der Waals surface area contributed by atoms with Gasteiger partial charge in [0.1, 0.15) is 18.2 Å². The Labute approximate surface area is 204 Å². The zero-order valence-electron chi connectivity index (χ0n) is 18.2. The summed E-state index contributed by atoms with van der Waals surface area (Å²) in [4.78, 5) is 23.0. The number of hydrogen-bond acceptors (Lipinski definition) is 6. The highest BCUT2D eigenvalue weighted by atomic mass is 79.9. The van der Waals surface area contributed by atoms with Gasteiger partial charge < -0.3 is 14.8 Å². The third-order valence-electron chi connectivity index (χ3n) is 4.76. The Bertz CT molecular complexity index is 1270. The van der Waals surface area contributed by atoms with E-state index in [1.165, 1.54) is 25.3 Å². The second-order valence-electron chi connectivity index (χ2n) is 7.08. The maximum atomic E-state index is 12.5. The Morgan fingerprint density at radius 3 is 2.53 bits per heavy atom. The van der Waals surface area contributed by atoms with Gasteiger partial charge in [-0.05, 0) is 34.9 Å². The summed E-state index contributed by atoms with van der Waals surface area (Å²) in [5.74, 6) is 0.273. The minimum atomic E-state index is -0.497. The highest BCUT2D eigenvalue weighted by Gasteiger charge is 2.14. The average Bonchev–Trinajstić information content (AvgIpc) is 2.86. The number of nitro groups is 1. The maximum absolute atomic E-state index is 12.5. The Hall–Kier alpha value is -4.16. The van der Waals surface area contributed by atoms with Gasteiger partial charge in [-0.2, -0.15) is 5.26 Å². The summed E-state index contributed by atoms with van der Waals surface area (Å²) in [6.45, 7) is 0.388. The molecule has 0 atom stereocenters. The Morgan fingerprint density at radius 2 is 1.85 bits per heavy atom. The number of ether oxygens (including phenoxy) is 2. The predicted octanol–water partition coefficient (Wildman–Crippen LogP) is 5.17. The molecule has 1 N–H and O–H groups in total. The number of halogens is 1. The third kappa shape index (κ3) is 6.43. The molecule has 9 heteroatoms. The van der Waals surface area contributed by atoms with Crippen LogP contribution < -0.4 is 14.8 Å². The molecule has 3 aromatic carbocycles. The van der Waals surface area contributed by atoms with E-state index in [2.05, 4.69) is 21.2 Å². The quantitative estimate of drug-likeness (QED) is 0.180. The summed E-state index contributed by atoms with van der Waals surface area (Å²) < 4.78 is 11.8. The molecular formula is C25H20BrN3O5. The summed E-state index contributed by atoms with van der Waals surface area (Å²) >= 11 is 3.44. The van der Waals surface area contributed by atoms with Crippen LogP contribution in [0.2, 0.25) is 0 Å². The number of amides is 1. The fourth-order valence-electron chi connectivity index (χ4n) is 3.03. The number of nitrogens with one attached hydrogen (secondary N) is 1. The lowest BCUT2D eigenvalue weighted by atomic mass is 10.1. The van der Waals surface area contributed by atoms with Crippen molar-refractivity contribution in [2.75, 3.05) is 7.11 Å². The first-order valence-electron chi connectivity index (χ1n) is 10.1. The van der Waals surface area contributed by atoms with Crippen LogP contribution in [0.4, 0.5) is 5.69 Å². The Morgan fingerprint density at radius 1 is 1.12 bits per heavy atom. The van der Waals surface area contributed by atoms with Crippen LogP contribution in [0.1, 0.15) is 16.7 Å². The van der Waals surface area contributed by atoms with Crippen LogP contribution in [0.5, 0.6) is 11.5 Å². The molecule has 0 radical (unpaired) electrons. The highest BCUT2D eigenvalue weighted by Crippen LogP contribution is 2.35. The molecule has 0 spiro atoms. The maximum Gasteiger partial charge on any atom is 0.269 e. The van der Waals surface area contributed by atoms with Gasteiger partial charge in [0.15, 0.2) is 11.5 Å². The van der Waals surface area contributed by atoms with Crippen molar-refractivity contribution in [1.82, 2.24) is 5.32 Å². The van der Waals surface area contributed by atoms with Crippen molar-refractivity contribution < 1.29 is 19.2 Å².